The molecule has 0 heterocycles. The fraction of sp³-hybridized carbons (Fsp3) is 0.167. The molecule has 0 fully saturated rings. The zero-order chi connectivity index (χ0) is 7.28. The first-order chi connectivity index (χ1) is 4.16. The number of hydrogen-bond acceptors (Lipinski definition) is 1. The Hall–Kier alpha value is 0.360. The first kappa shape index (κ1) is 9.36. The van der Waals surface area contributed by atoms with Crippen LogP contribution in [0.3, 0.4) is 0 Å². The third-order valence-electron chi connectivity index (χ3n) is 0.604. The summed E-state index contributed by atoms with van der Waals surface area (Å²) in [6.45, 7) is 5.54. The first-order valence-electron chi connectivity index (χ1n) is 2.37. The van der Waals surface area contributed by atoms with Gasteiger partial charge in [-0.15, -0.1) is 0 Å². The molecule has 0 unspecified atom stereocenters. The standard InChI is InChI=1S/C6H7BrIN/c1-3-6(7)4-9-5(2)8/h3-4H,2H2,1H3/b6-3+,9-4-. The van der Waals surface area contributed by atoms with Gasteiger partial charge in [0.2, 0.25) is 0 Å². The summed E-state index contributed by atoms with van der Waals surface area (Å²) in [5, 5.41) is 0. The van der Waals surface area contributed by atoms with Gasteiger partial charge in [0.1, 0.15) is 0 Å². The number of allylic oxidation sites excluding steroid dienone is 2. The van der Waals surface area contributed by atoms with Gasteiger partial charge in [-0.3, -0.25) is 0 Å². The van der Waals surface area contributed by atoms with Gasteiger partial charge in [0, 0.05) is 10.7 Å². The van der Waals surface area contributed by atoms with E-state index in [9.17, 15) is 0 Å². The molecule has 0 aliphatic rings. The van der Waals surface area contributed by atoms with Crippen LogP contribution in [0.15, 0.2) is 25.8 Å². The van der Waals surface area contributed by atoms with E-state index in [2.05, 4.69) is 50.1 Å². The van der Waals surface area contributed by atoms with Gasteiger partial charge in [0.05, 0.1) is 3.70 Å². The Kier molecular flexibility index (Phi) is 5.38. The summed E-state index contributed by atoms with van der Waals surface area (Å²) in [5.41, 5.74) is 0. The highest BCUT2D eigenvalue weighted by atomic mass is 127. The summed E-state index contributed by atoms with van der Waals surface area (Å²) in [7, 11) is 0. The molecular weight excluding hydrogens is 293 g/mol. The van der Waals surface area contributed by atoms with Crippen LogP contribution in [0.2, 0.25) is 0 Å². The predicted octanol–water partition coefficient (Wildman–Crippen LogP) is 3.26. The molecule has 0 atom stereocenters. The van der Waals surface area contributed by atoms with Crippen molar-refractivity contribution < 1.29 is 0 Å². The van der Waals surface area contributed by atoms with Crippen molar-refractivity contribution in [2.24, 2.45) is 4.99 Å². The van der Waals surface area contributed by atoms with Gasteiger partial charge in [0.15, 0.2) is 0 Å². The molecule has 0 saturated carbocycles. The molecular formula is C6H7BrIN. The van der Waals surface area contributed by atoms with Crippen LogP contribution in [-0.4, -0.2) is 6.21 Å². The Morgan fingerprint density at radius 2 is 2.33 bits per heavy atom. The fourth-order valence-corrected chi connectivity index (χ4v) is 0.448. The number of hydrogen-bond donors (Lipinski definition) is 0. The maximum atomic E-state index is 3.95. The molecule has 0 bridgehead atoms. The molecule has 0 aromatic heterocycles. The van der Waals surface area contributed by atoms with Crippen LogP contribution >= 0.6 is 38.5 Å². The average Bonchev–Trinajstić information content (AvgIpc) is 1.83. The quantitative estimate of drug-likeness (QED) is 0.422. The van der Waals surface area contributed by atoms with Gasteiger partial charge in [0.25, 0.3) is 0 Å². The number of rotatable bonds is 2. The zero-order valence-corrected chi connectivity index (χ0v) is 8.81. The lowest BCUT2D eigenvalue weighted by molar-refractivity contribution is 1.60. The van der Waals surface area contributed by atoms with Gasteiger partial charge in [-0.1, -0.05) is 12.7 Å². The van der Waals surface area contributed by atoms with E-state index in [-0.39, 0.29) is 0 Å². The third-order valence-corrected chi connectivity index (χ3v) is 1.54. The molecule has 0 N–H and O–H groups in total. The largest absolute Gasteiger partial charge is 0.250 e. The molecule has 0 rings (SSSR count). The van der Waals surface area contributed by atoms with Gasteiger partial charge in [-0.25, -0.2) is 4.99 Å². The van der Waals surface area contributed by atoms with Crippen LogP contribution in [0.1, 0.15) is 6.92 Å². The van der Waals surface area contributed by atoms with E-state index < -0.39 is 0 Å². The Balaban J connectivity index is 3.86. The molecule has 0 radical (unpaired) electrons. The minimum atomic E-state index is 0.784. The molecule has 0 aromatic carbocycles. The summed E-state index contributed by atoms with van der Waals surface area (Å²) in [6, 6.07) is 0. The Bertz CT molecular complexity index is 160. The normalized spacial score (nSPS) is 12.6. The maximum absolute atomic E-state index is 3.95. The van der Waals surface area contributed by atoms with Gasteiger partial charge >= 0.3 is 0 Å². The SMILES string of the molecule is C=C(I)/N=C\C(Br)=C/C. The summed E-state index contributed by atoms with van der Waals surface area (Å²) >= 11 is 5.32. The van der Waals surface area contributed by atoms with Gasteiger partial charge in [-0.05, 0) is 45.4 Å². The van der Waals surface area contributed by atoms with E-state index in [4.69, 9.17) is 0 Å². The fourth-order valence-electron chi connectivity index (χ4n) is 0.206. The molecule has 9 heavy (non-hydrogen) atoms. The molecule has 1 nitrogen and oxygen atoms in total. The van der Waals surface area contributed by atoms with Crippen molar-refractivity contribution in [3.8, 4) is 0 Å². The lowest BCUT2D eigenvalue weighted by Crippen LogP contribution is -1.69. The number of aliphatic imine (C=N–C) groups is 1. The van der Waals surface area contributed by atoms with Gasteiger partial charge < -0.3 is 0 Å². The highest BCUT2D eigenvalue weighted by molar-refractivity contribution is 14.1. The Morgan fingerprint density at radius 1 is 1.78 bits per heavy atom. The summed E-state index contributed by atoms with van der Waals surface area (Å²) in [6.07, 6.45) is 3.64. The first-order valence-corrected chi connectivity index (χ1v) is 4.24. The third kappa shape index (κ3) is 6.24. The van der Waals surface area contributed by atoms with Crippen molar-refractivity contribution >= 4 is 44.7 Å². The number of nitrogens with zero attached hydrogens (tertiary/aromatic N) is 1. The summed E-state index contributed by atoms with van der Waals surface area (Å²) in [5.74, 6) is 0. The summed E-state index contributed by atoms with van der Waals surface area (Å²) < 4.78 is 1.76. The van der Waals surface area contributed by atoms with Crippen molar-refractivity contribution in [3.63, 3.8) is 0 Å². The second kappa shape index (κ2) is 5.17. The highest BCUT2D eigenvalue weighted by Crippen LogP contribution is 2.05. The topological polar surface area (TPSA) is 12.4 Å². The predicted molar refractivity (Wildman–Crippen MR) is 54.3 cm³/mol. The van der Waals surface area contributed by atoms with E-state index in [1.54, 1.807) is 6.21 Å². The minimum absolute atomic E-state index is 0.784. The lowest BCUT2D eigenvalue weighted by Gasteiger charge is -1.83. The van der Waals surface area contributed by atoms with Crippen LogP contribution in [0.25, 0.3) is 0 Å². The molecule has 0 aromatic rings. The van der Waals surface area contributed by atoms with Crippen LogP contribution in [0.5, 0.6) is 0 Å². The van der Waals surface area contributed by atoms with E-state index in [1.165, 1.54) is 0 Å². The number of halogens is 2. The zero-order valence-electron chi connectivity index (χ0n) is 5.06. The smallest absolute Gasteiger partial charge is 0.0938 e. The summed E-state index contributed by atoms with van der Waals surface area (Å²) in [4.78, 5) is 3.95. The Morgan fingerprint density at radius 3 is 2.67 bits per heavy atom. The molecule has 0 saturated heterocycles. The van der Waals surface area contributed by atoms with E-state index in [1.807, 2.05) is 13.0 Å². The molecule has 0 aliphatic carbocycles. The second-order valence-electron chi connectivity index (χ2n) is 1.31. The van der Waals surface area contributed by atoms with E-state index in [0.717, 1.165) is 8.19 Å². The van der Waals surface area contributed by atoms with Crippen molar-refractivity contribution in [1.29, 1.82) is 0 Å². The van der Waals surface area contributed by atoms with Crippen LogP contribution in [0.4, 0.5) is 0 Å². The monoisotopic (exact) mass is 299 g/mol. The van der Waals surface area contributed by atoms with E-state index in [0.29, 0.717) is 0 Å². The average molecular weight is 300 g/mol. The molecule has 50 valence electrons. The molecule has 0 aliphatic heterocycles. The van der Waals surface area contributed by atoms with Crippen LogP contribution < -0.4 is 0 Å². The van der Waals surface area contributed by atoms with Crippen LogP contribution in [-0.2, 0) is 0 Å². The maximum Gasteiger partial charge on any atom is 0.0938 e. The molecule has 0 amide bonds. The van der Waals surface area contributed by atoms with Crippen LogP contribution in [0, 0.1) is 0 Å². The van der Waals surface area contributed by atoms with Gasteiger partial charge in [-0.2, -0.15) is 0 Å². The van der Waals surface area contributed by atoms with Crippen molar-refractivity contribution in [3.05, 3.63) is 20.8 Å². The minimum Gasteiger partial charge on any atom is -0.250 e. The highest BCUT2D eigenvalue weighted by Gasteiger charge is 1.80. The lowest BCUT2D eigenvalue weighted by atomic mass is 10.6. The molecule has 0 spiro atoms. The van der Waals surface area contributed by atoms with E-state index >= 15 is 0 Å². The second-order valence-corrected chi connectivity index (χ2v) is 3.47. The Labute approximate surface area is 77.2 Å². The van der Waals surface area contributed by atoms with Crippen molar-refractivity contribution in [2.45, 2.75) is 6.92 Å². The molecule has 3 heteroatoms. The van der Waals surface area contributed by atoms with Crippen molar-refractivity contribution in [2.75, 3.05) is 0 Å². The van der Waals surface area contributed by atoms with Crippen molar-refractivity contribution in [1.82, 2.24) is 0 Å².